The molecule has 0 radical (unpaired) electrons. The molecule has 10 heteroatoms. The monoisotopic (exact) mass is 484 g/mol. The van der Waals surface area contributed by atoms with Crippen LogP contribution in [0.25, 0.3) is 16.9 Å². The maximum absolute atomic E-state index is 5.62. The number of hydrogen-bond donors (Lipinski definition) is 2. The van der Waals surface area contributed by atoms with Crippen LogP contribution in [0.4, 0.5) is 22.9 Å². The van der Waals surface area contributed by atoms with Gasteiger partial charge in [-0.1, -0.05) is 0 Å². The lowest BCUT2D eigenvalue weighted by Gasteiger charge is -2.43. The average molecular weight is 485 g/mol. The highest BCUT2D eigenvalue weighted by Gasteiger charge is 2.28. The van der Waals surface area contributed by atoms with Gasteiger partial charge < -0.3 is 29.4 Å². The maximum Gasteiger partial charge on any atom is 0.237 e. The van der Waals surface area contributed by atoms with Gasteiger partial charge in [0.1, 0.15) is 6.61 Å². The highest BCUT2D eigenvalue weighted by molar-refractivity contribution is 5.75. The first-order valence-electron chi connectivity index (χ1n) is 12.4. The Labute approximate surface area is 208 Å². The van der Waals surface area contributed by atoms with E-state index in [0.29, 0.717) is 24.3 Å². The lowest BCUT2D eigenvalue weighted by atomic mass is 10.1. The normalized spacial score (nSPS) is 18.3. The molecule has 2 N–H and O–H groups in total. The molecular formula is C26H28N8O2. The molecule has 36 heavy (non-hydrogen) atoms. The first-order valence-corrected chi connectivity index (χ1v) is 12.4. The van der Waals surface area contributed by atoms with Gasteiger partial charge >= 0.3 is 0 Å². The number of piperazine rings is 1. The summed E-state index contributed by atoms with van der Waals surface area (Å²) in [6.45, 7) is 7.40. The summed E-state index contributed by atoms with van der Waals surface area (Å²) in [5.74, 6) is 1.33. The van der Waals surface area contributed by atoms with Crippen LogP contribution in [0.5, 0.6) is 5.88 Å². The minimum atomic E-state index is 0.614. The number of nitrogens with zero attached hydrogens (tertiary/aromatic N) is 6. The molecule has 0 unspecified atom stereocenters. The van der Waals surface area contributed by atoms with E-state index in [4.69, 9.17) is 14.5 Å². The molecule has 7 rings (SSSR count). The van der Waals surface area contributed by atoms with E-state index in [2.05, 4.69) is 54.7 Å². The van der Waals surface area contributed by atoms with Crippen molar-refractivity contribution in [1.82, 2.24) is 24.3 Å². The van der Waals surface area contributed by atoms with Crippen molar-refractivity contribution >= 4 is 28.5 Å². The number of imidazole rings is 1. The Balaban J connectivity index is 1.11. The fraction of sp³-hybridized carbons (Fsp3) is 0.346. The molecule has 3 aromatic heterocycles. The molecule has 3 aliphatic rings. The van der Waals surface area contributed by atoms with E-state index < -0.39 is 0 Å². The predicted octanol–water partition coefficient (Wildman–Crippen LogP) is 2.86. The van der Waals surface area contributed by atoms with Crippen molar-refractivity contribution in [1.29, 1.82) is 0 Å². The second kappa shape index (κ2) is 8.96. The number of hydrogen-bond acceptors (Lipinski definition) is 9. The number of aromatic nitrogens is 4. The number of nitrogens with one attached hydrogen (secondary N) is 2. The van der Waals surface area contributed by atoms with Crippen LogP contribution in [0.15, 0.2) is 55.1 Å². The third kappa shape index (κ3) is 3.98. The van der Waals surface area contributed by atoms with Gasteiger partial charge in [0, 0.05) is 74.4 Å². The zero-order valence-electron chi connectivity index (χ0n) is 19.9. The van der Waals surface area contributed by atoms with Crippen molar-refractivity contribution in [2.24, 2.45) is 0 Å². The van der Waals surface area contributed by atoms with Crippen LogP contribution in [0.3, 0.4) is 0 Å². The minimum Gasteiger partial charge on any atom is -0.474 e. The van der Waals surface area contributed by atoms with Crippen LogP contribution in [0, 0.1) is 0 Å². The van der Waals surface area contributed by atoms with Gasteiger partial charge in [-0.3, -0.25) is 4.90 Å². The lowest BCUT2D eigenvalue weighted by Crippen LogP contribution is -2.56. The maximum atomic E-state index is 5.62. The average Bonchev–Trinajstić information content (AvgIpc) is 3.38. The van der Waals surface area contributed by atoms with Crippen LogP contribution < -0.4 is 20.3 Å². The van der Waals surface area contributed by atoms with Crippen molar-refractivity contribution in [3.8, 4) is 17.1 Å². The molecule has 10 nitrogen and oxygen atoms in total. The summed E-state index contributed by atoms with van der Waals surface area (Å²) in [6, 6.07) is 11.2. The number of ether oxygens (including phenoxy) is 2. The fourth-order valence-electron chi connectivity index (χ4n) is 4.99. The molecule has 2 fully saturated rings. The van der Waals surface area contributed by atoms with Crippen LogP contribution in [0.1, 0.15) is 0 Å². The van der Waals surface area contributed by atoms with Crippen molar-refractivity contribution in [2.75, 3.05) is 68.1 Å². The lowest BCUT2D eigenvalue weighted by molar-refractivity contribution is -0.0660. The summed E-state index contributed by atoms with van der Waals surface area (Å²) in [7, 11) is 0. The molecule has 6 heterocycles. The van der Waals surface area contributed by atoms with E-state index in [1.54, 1.807) is 12.4 Å². The van der Waals surface area contributed by atoms with E-state index in [-0.39, 0.29) is 0 Å². The fourth-order valence-corrected chi connectivity index (χ4v) is 4.99. The highest BCUT2D eigenvalue weighted by atomic mass is 16.5. The standard InChI is InChI=1S/C26H28N8O2/c1-3-20(32-8-10-33(11-9-32)21-16-35-17-21)4-2-19(1)30-24-25-28-5-7-34(25)15-23(31-24)18-13-22-26(29-14-18)36-12-6-27-22/h1-5,7,13-15,21,27H,6,8-12,16-17H2,(H,30,31). The molecule has 0 aliphatic carbocycles. The summed E-state index contributed by atoms with van der Waals surface area (Å²) in [5.41, 5.74) is 5.58. The van der Waals surface area contributed by atoms with Gasteiger partial charge in [-0.25, -0.2) is 15.0 Å². The van der Waals surface area contributed by atoms with Crippen LogP contribution in [-0.2, 0) is 4.74 Å². The van der Waals surface area contributed by atoms with Gasteiger partial charge in [0.15, 0.2) is 11.5 Å². The van der Waals surface area contributed by atoms with Gasteiger partial charge in [-0.2, -0.15) is 0 Å². The van der Waals surface area contributed by atoms with E-state index >= 15 is 0 Å². The van der Waals surface area contributed by atoms with Crippen molar-refractivity contribution < 1.29 is 9.47 Å². The van der Waals surface area contributed by atoms with Crippen molar-refractivity contribution in [3.05, 3.63) is 55.1 Å². The SMILES string of the molecule is c1cn2cc(-c3cnc4c(c3)NCCO4)nc(Nc3ccc(N4CCN(C5COC5)CC4)cc3)c2n1. The smallest absolute Gasteiger partial charge is 0.237 e. The zero-order chi connectivity index (χ0) is 23.9. The Bertz CT molecular complexity index is 1380. The molecular weight excluding hydrogens is 456 g/mol. The summed E-state index contributed by atoms with van der Waals surface area (Å²) in [6.07, 6.45) is 7.48. The third-order valence-corrected chi connectivity index (χ3v) is 7.12. The van der Waals surface area contributed by atoms with E-state index in [0.717, 1.165) is 74.2 Å². The number of benzene rings is 1. The molecule has 184 valence electrons. The Morgan fingerprint density at radius 3 is 2.69 bits per heavy atom. The van der Waals surface area contributed by atoms with E-state index in [1.165, 1.54) is 5.69 Å². The molecule has 0 amide bonds. The van der Waals surface area contributed by atoms with Crippen molar-refractivity contribution in [3.63, 3.8) is 0 Å². The molecule has 0 saturated carbocycles. The summed E-state index contributed by atoms with van der Waals surface area (Å²) in [5, 5.41) is 6.82. The van der Waals surface area contributed by atoms with Gasteiger partial charge in [0.2, 0.25) is 5.88 Å². The minimum absolute atomic E-state index is 0.614. The first-order chi connectivity index (χ1) is 17.8. The van der Waals surface area contributed by atoms with Gasteiger partial charge in [0.05, 0.1) is 30.6 Å². The zero-order valence-corrected chi connectivity index (χ0v) is 19.9. The molecule has 1 aromatic carbocycles. The topological polar surface area (TPSA) is 92.1 Å². The number of rotatable bonds is 5. The third-order valence-electron chi connectivity index (χ3n) is 7.12. The predicted molar refractivity (Wildman–Crippen MR) is 138 cm³/mol. The molecule has 3 aliphatic heterocycles. The van der Waals surface area contributed by atoms with Crippen molar-refractivity contribution in [2.45, 2.75) is 6.04 Å². The Morgan fingerprint density at radius 1 is 1.03 bits per heavy atom. The summed E-state index contributed by atoms with van der Waals surface area (Å²) >= 11 is 0. The van der Waals surface area contributed by atoms with E-state index in [9.17, 15) is 0 Å². The second-order valence-corrected chi connectivity index (χ2v) is 9.37. The van der Waals surface area contributed by atoms with E-state index in [1.807, 2.05) is 22.9 Å². The van der Waals surface area contributed by atoms with Crippen LogP contribution in [-0.4, -0.2) is 82.8 Å². The molecule has 0 spiro atoms. The van der Waals surface area contributed by atoms with Gasteiger partial charge in [-0.05, 0) is 30.3 Å². The Kier molecular flexibility index (Phi) is 5.32. The number of anilines is 4. The molecule has 0 bridgehead atoms. The number of fused-ring (bicyclic) bond motifs is 2. The highest BCUT2D eigenvalue weighted by Crippen LogP contribution is 2.31. The van der Waals surface area contributed by atoms with Gasteiger partial charge in [0.25, 0.3) is 0 Å². The largest absolute Gasteiger partial charge is 0.474 e. The van der Waals surface area contributed by atoms with Crippen LogP contribution in [0.2, 0.25) is 0 Å². The summed E-state index contributed by atoms with van der Waals surface area (Å²) < 4.78 is 13.0. The van der Waals surface area contributed by atoms with Crippen LogP contribution >= 0.6 is 0 Å². The Morgan fingerprint density at radius 2 is 1.89 bits per heavy atom. The van der Waals surface area contributed by atoms with Gasteiger partial charge in [-0.15, -0.1) is 0 Å². The molecule has 4 aromatic rings. The number of pyridine rings is 1. The second-order valence-electron chi connectivity index (χ2n) is 9.37. The molecule has 2 saturated heterocycles. The molecule has 0 atom stereocenters. The Hall–Kier alpha value is -3.89. The quantitative estimate of drug-likeness (QED) is 0.444. The first kappa shape index (κ1) is 21.4. The summed E-state index contributed by atoms with van der Waals surface area (Å²) in [4.78, 5) is 18.9.